The number of amides is 1. The van der Waals surface area contributed by atoms with E-state index in [2.05, 4.69) is 15.9 Å². The molecule has 0 spiro atoms. The number of likely N-dealkylation sites (N-methyl/N-ethyl adjacent to an activating group) is 1. The average Bonchev–Trinajstić information content (AvgIpc) is 2.93. The average molecular weight is 477 g/mol. The van der Waals surface area contributed by atoms with Gasteiger partial charge in [0.1, 0.15) is 11.4 Å². The number of hydrogen-bond donors (Lipinski definition) is 0. The first-order chi connectivity index (χ1) is 13.9. The number of carbonyl (C=O) groups is 1. The topological polar surface area (TPSA) is 51.2 Å². The summed E-state index contributed by atoms with van der Waals surface area (Å²) in [6.45, 7) is 2.50. The van der Waals surface area contributed by atoms with E-state index in [1.54, 1.807) is 44.4 Å². The fourth-order valence-electron chi connectivity index (χ4n) is 2.97. The van der Waals surface area contributed by atoms with Crippen molar-refractivity contribution in [3.05, 3.63) is 52.1 Å². The number of ether oxygens (including phenoxy) is 3. The van der Waals surface area contributed by atoms with Crippen molar-refractivity contribution in [2.75, 3.05) is 32.8 Å². The molecule has 0 aliphatic carbocycles. The van der Waals surface area contributed by atoms with E-state index >= 15 is 0 Å². The van der Waals surface area contributed by atoms with Crippen molar-refractivity contribution in [1.29, 1.82) is 0 Å². The van der Waals surface area contributed by atoms with Gasteiger partial charge in [-0.15, -0.1) is 0 Å². The van der Waals surface area contributed by atoms with Gasteiger partial charge in [-0.1, -0.05) is 15.9 Å². The van der Waals surface area contributed by atoms with E-state index in [4.69, 9.17) is 26.4 Å². The fourth-order valence-corrected chi connectivity index (χ4v) is 3.69. The highest BCUT2D eigenvalue weighted by atomic mass is 79.9. The molecule has 3 rings (SSSR count). The summed E-state index contributed by atoms with van der Waals surface area (Å²) in [5.41, 5.74) is 1.91. The zero-order valence-corrected chi connectivity index (χ0v) is 19.0. The highest BCUT2D eigenvalue weighted by molar-refractivity contribution is 9.10. The molecule has 8 heteroatoms. The van der Waals surface area contributed by atoms with E-state index in [0.717, 1.165) is 15.8 Å². The number of hydrogen-bond acceptors (Lipinski definition) is 5. The Kier molecular flexibility index (Phi) is 6.44. The number of thiocarbonyl (C=S) groups is 1. The molecule has 0 bridgehead atoms. The molecular weight excluding hydrogens is 456 g/mol. The van der Waals surface area contributed by atoms with Gasteiger partial charge in [-0.2, -0.15) is 0 Å². The molecule has 152 valence electrons. The van der Waals surface area contributed by atoms with Gasteiger partial charge in [0.25, 0.3) is 5.91 Å². The maximum absolute atomic E-state index is 13.2. The Balaban J connectivity index is 1.97. The number of anilines is 1. The van der Waals surface area contributed by atoms with Gasteiger partial charge >= 0.3 is 0 Å². The van der Waals surface area contributed by atoms with Gasteiger partial charge < -0.3 is 19.1 Å². The van der Waals surface area contributed by atoms with E-state index in [1.807, 2.05) is 31.2 Å². The Morgan fingerprint density at radius 2 is 1.72 bits per heavy atom. The lowest BCUT2D eigenvalue weighted by Gasteiger charge is -2.16. The lowest BCUT2D eigenvalue weighted by atomic mass is 10.1. The Bertz CT molecular complexity index is 975. The molecule has 0 aromatic heterocycles. The van der Waals surface area contributed by atoms with E-state index in [0.29, 0.717) is 34.6 Å². The second-order valence-corrected chi connectivity index (χ2v) is 7.39. The van der Waals surface area contributed by atoms with E-state index in [1.165, 1.54) is 4.90 Å². The van der Waals surface area contributed by atoms with Gasteiger partial charge in [0.15, 0.2) is 16.6 Å². The number of benzene rings is 2. The maximum Gasteiger partial charge on any atom is 0.281 e. The molecule has 0 unspecified atom stereocenters. The van der Waals surface area contributed by atoms with Crippen LogP contribution in [0, 0.1) is 0 Å². The molecule has 1 aliphatic rings. The highest BCUT2D eigenvalue weighted by Crippen LogP contribution is 2.36. The molecule has 0 N–H and O–H groups in total. The summed E-state index contributed by atoms with van der Waals surface area (Å²) in [4.78, 5) is 16.4. The summed E-state index contributed by atoms with van der Waals surface area (Å²) in [5, 5.41) is 0.405. The van der Waals surface area contributed by atoms with Crippen LogP contribution < -0.4 is 19.1 Å². The predicted octanol–water partition coefficient (Wildman–Crippen LogP) is 4.47. The third kappa shape index (κ3) is 4.09. The molecule has 0 atom stereocenters. The maximum atomic E-state index is 13.2. The molecule has 1 saturated heterocycles. The first kappa shape index (κ1) is 21.1. The minimum Gasteiger partial charge on any atom is -0.494 e. The lowest BCUT2D eigenvalue weighted by molar-refractivity contribution is -0.114. The predicted molar refractivity (Wildman–Crippen MR) is 121 cm³/mol. The van der Waals surface area contributed by atoms with Crippen molar-refractivity contribution >= 4 is 50.9 Å². The second kappa shape index (κ2) is 8.84. The van der Waals surface area contributed by atoms with Crippen molar-refractivity contribution in [3.8, 4) is 17.2 Å². The summed E-state index contributed by atoms with van der Waals surface area (Å²) in [6, 6.07) is 10.9. The molecule has 1 fully saturated rings. The van der Waals surface area contributed by atoms with E-state index in [-0.39, 0.29) is 5.91 Å². The largest absolute Gasteiger partial charge is 0.494 e. The molecule has 0 saturated carbocycles. The Hall–Kier alpha value is -2.58. The number of halogens is 1. The van der Waals surface area contributed by atoms with Gasteiger partial charge in [0.2, 0.25) is 0 Å². The number of methoxy groups -OCH3 is 2. The smallest absolute Gasteiger partial charge is 0.281 e. The van der Waals surface area contributed by atoms with Gasteiger partial charge in [0.05, 0.1) is 26.5 Å². The van der Waals surface area contributed by atoms with Crippen LogP contribution in [-0.4, -0.2) is 43.8 Å². The van der Waals surface area contributed by atoms with Gasteiger partial charge in [-0.25, -0.2) is 0 Å². The summed E-state index contributed by atoms with van der Waals surface area (Å²) >= 11 is 9.05. The van der Waals surface area contributed by atoms with Crippen LogP contribution in [0.25, 0.3) is 6.08 Å². The Labute approximate surface area is 183 Å². The molecule has 6 nitrogen and oxygen atoms in total. The molecule has 2 aromatic carbocycles. The van der Waals surface area contributed by atoms with Crippen molar-refractivity contribution in [1.82, 2.24) is 4.90 Å². The third-order valence-corrected chi connectivity index (χ3v) is 5.61. The molecule has 0 radical (unpaired) electrons. The SMILES string of the molecule is CCOc1ccc(N2C(=O)/C(=C/c3cc(OC)c(OC)cc3Br)N(C)C2=S)cc1. The lowest BCUT2D eigenvalue weighted by Crippen LogP contribution is -2.31. The van der Waals surface area contributed by atoms with Crippen LogP contribution in [-0.2, 0) is 4.79 Å². The van der Waals surface area contributed by atoms with Crippen LogP contribution >= 0.6 is 28.1 Å². The summed E-state index contributed by atoms with van der Waals surface area (Å²) in [5.74, 6) is 1.70. The second-order valence-electron chi connectivity index (χ2n) is 6.17. The van der Waals surface area contributed by atoms with E-state index in [9.17, 15) is 4.79 Å². The van der Waals surface area contributed by atoms with Gasteiger partial charge in [-0.3, -0.25) is 9.69 Å². The standard InChI is InChI=1S/C21H21BrN2O4S/c1-5-28-15-8-6-14(7-9-15)24-20(25)17(23(2)21(24)29)10-13-11-18(26-3)19(27-4)12-16(13)22/h6-12H,5H2,1-4H3/b17-10-. The first-order valence-corrected chi connectivity index (χ1v) is 10.1. The van der Waals surface area contributed by atoms with Crippen molar-refractivity contribution in [2.24, 2.45) is 0 Å². The van der Waals surface area contributed by atoms with E-state index < -0.39 is 0 Å². The molecule has 1 amide bonds. The fraction of sp³-hybridized carbons (Fsp3) is 0.238. The number of nitrogens with zero attached hydrogens (tertiary/aromatic N) is 2. The molecule has 29 heavy (non-hydrogen) atoms. The van der Waals surface area contributed by atoms with Crippen LogP contribution in [0.15, 0.2) is 46.6 Å². The van der Waals surface area contributed by atoms with Crippen molar-refractivity contribution < 1.29 is 19.0 Å². The first-order valence-electron chi connectivity index (χ1n) is 8.89. The van der Waals surface area contributed by atoms with Crippen molar-refractivity contribution in [3.63, 3.8) is 0 Å². The normalized spacial score (nSPS) is 15.3. The van der Waals surface area contributed by atoms with Crippen LogP contribution in [0.3, 0.4) is 0 Å². The summed E-state index contributed by atoms with van der Waals surface area (Å²) in [7, 11) is 4.91. The van der Waals surface area contributed by atoms with Crippen LogP contribution in [0.5, 0.6) is 17.2 Å². The van der Waals surface area contributed by atoms with Crippen molar-refractivity contribution in [2.45, 2.75) is 6.92 Å². The molecule has 1 aliphatic heterocycles. The summed E-state index contributed by atoms with van der Waals surface area (Å²) < 4.78 is 16.9. The monoisotopic (exact) mass is 476 g/mol. The zero-order chi connectivity index (χ0) is 21.1. The Morgan fingerprint density at radius 3 is 2.31 bits per heavy atom. The summed E-state index contributed by atoms with van der Waals surface area (Å²) in [6.07, 6.45) is 1.77. The molecule has 2 aromatic rings. The van der Waals surface area contributed by atoms with Crippen LogP contribution in [0.2, 0.25) is 0 Å². The third-order valence-electron chi connectivity index (χ3n) is 4.46. The minimum absolute atomic E-state index is 0.205. The van der Waals surface area contributed by atoms with Crippen LogP contribution in [0.4, 0.5) is 5.69 Å². The zero-order valence-electron chi connectivity index (χ0n) is 16.6. The number of rotatable bonds is 6. The highest BCUT2D eigenvalue weighted by Gasteiger charge is 2.37. The van der Waals surface area contributed by atoms with Gasteiger partial charge in [-0.05, 0) is 67.2 Å². The Morgan fingerprint density at radius 1 is 1.10 bits per heavy atom. The number of carbonyl (C=O) groups excluding carboxylic acids is 1. The minimum atomic E-state index is -0.205. The van der Waals surface area contributed by atoms with Gasteiger partial charge in [0, 0.05) is 11.5 Å². The quantitative estimate of drug-likeness (QED) is 0.452. The van der Waals surface area contributed by atoms with Crippen LogP contribution in [0.1, 0.15) is 12.5 Å². The molecule has 1 heterocycles. The molecular formula is C21H21BrN2O4S.